The summed E-state index contributed by atoms with van der Waals surface area (Å²) >= 11 is 0. The Labute approximate surface area is 106 Å². The minimum Gasteiger partial charge on any atom is -0.494 e. The summed E-state index contributed by atoms with van der Waals surface area (Å²) in [6.45, 7) is 1.79. The molecule has 0 spiro atoms. The lowest BCUT2D eigenvalue weighted by atomic mass is 9.90. The van der Waals surface area contributed by atoms with E-state index in [-0.39, 0.29) is 17.5 Å². The number of rotatable bonds is 4. The zero-order valence-corrected chi connectivity index (χ0v) is 10.5. The van der Waals surface area contributed by atoms with E-state index in [2.05, 4.69) is 5.32 Å². The zero-order valence-electron chi connectivity index (χ0n) is 10.5. The van der Waals surface area contributed by atoms with Crippen molar-refractivity contribution in [3.63, 3.8) is 0 Å². The molecule has 1 heterocycles. The van der Waals surface area contributed by atoms with E-state index < -0.39 is 5.82 Å². The molecule has 1 aliphatic rings. The van der Waals surface area contributed by atoms with Crippen molar-refractivity contribution in [3.8, 4) is 5.75 Å². The minimum atomic E-state index is -0.409. The van der Waals surface area contributed by atoms with Gasteiger partial charge < -0.3 is 10.1 Å². The summed E-state index contributed by atoms with van der Waals surface area (Å²) in [4.78, 5) is 12.1. The predicted molar refractivity (Wildman–Crippen MR) is 67.3 cm³/mol. The van der Waals surface area contributed by atoms with Crippen molar-refractivity contribution in [3.05, 3.63) is 29.6 Å². The van der Waals surface area contributed by atoms with Crippen molar-refractivity contribution >= 4 is 5.78 Å². The molecule has 0 amide bonds. The van der Waals surface area contributed by atoms with Crippen molar-refractivity contribution in [1.82, 2.24) is 5.32 Å². The van der Waals surface area contributed by atoms with Crippen LogP contribution in [0.5, 0.6) is 5.75 Å². The normalized spacial score (nSPS) is 16.6. The second-order valence-electron chi connectivity index (χ2n) is 4.64. The Bertz CT molecular complexity index is 428. The Morgan fingerprint density at radius 3 is 2.78 bits per heavy atom. The number of Topliss-reactive ketones (excluding diaryl/α,β-unsaturated/α-hetero) is 1. The van der Waals surface area contributed by atoms with Crippen LogP contribution in [-0.4, -0.2) is 26.0 Å². The Morgan fingerprint density at radius 1 is 1.44 bits per heavy atom. The van der Waals surface area contributed by atoms with Gasteiger partial charge in [0.2, 0.25) is 0 Å². The lowest BCUT2D eigenvalue weighted by Crippen LogP contribution is -2.32. The molecule has 1 aromatic carbocycles. The number of ketones is 1. The Balaban J connectivity index is 2.00. The molecule has 98 valence electrons. The van der Waals surface area contributed by atoms with Crippen LogP contribution in [0.4, 0.5) is 4.39 Å². The van der Waals surface area contributed by atoms with Crippen molar-refractivity contribution in [1.29, 1.82) is 0 Å². The summed E-state index contributed by atoms with van der Waals surface area (Å²) in [7, 11) is 1.43. The minimum absolute atomic E-state index is 0.122. The fraction of sp³-hybridized carbons (Fsp3) is 0.500. The molecular formula is C14H18FNO2. The van der Waals surface area contributed by atoms with Crippen LogP contribution in [0.3, 0.4) is 0 Å². The second kappa shape index (κ2) is 5.96. The monoisotopic (exact) mass is 251 g/mol. The van der Waals surface area contributed by atoms with E-state index in [9.17, 15) is 9.18 Å². The van der Waals surface area contributed by atoms with E-state index in [1.54, 1.807) is 12.1 Å². The van der Waals surface area contributed by atoms with E-state index >= 15 is 0 Å². The van der Waals surface area contributed by atoms with Crippen LogP contribution in [0.25, 0.3) is 0 Å². The number of piperidine rings is 1. The first kappa shape index (κ1) is 13.0. The molecule has 18 heavy (non-hydrogen) atoms. The number of methoxy groups -OCH3 is 1. The van der Waals surface area contributed by atoms with E-state index in [0.29, 0.717) is 6.42 Å². The van der Waals surface area contributed by atoms with Gasteiger partial charge in [-0.1, -0.05) is 6.07 Å². The number of carbonyl (C=O) groups excluding carboxylic acids is 1. The quantitative estimate of drug-likeness (QED) is 0.888. The van der Waals surface area contributed by atoms with Gasteiger partial charge in [-0.3, -0.25) is 4.79 Å². The molecular weight excluding hydrogens is 233 g/mol. The molecule has 1 aliphatic heterocycles. The zero-order chi connectivity index (χ0) is 13.0. The molecule has 1 fully saturated rings. The largest absolute Gasteiger partial charge is 0.494 e. The van der Waals surface area contributed by atoms with E-state index in [4.69, 9.17) is 4.74 Å². The number of hydrogen-bond donors (Lipinski definition) is 1. The van der Waals surface area contributed by atoms with E-state index in [1.165, 1.54) is 13.2 Å². The first-order chi connectivity index (χ1) is 8.70. The fourth-order valence-corrected chi connectivity index (χ4v) is 2.31. The van der Waals surface area contributed by atoms with Gasteiger partial charge in [-0.15, -0.1) is 0 Å². The topological polar surface area (TPSA) is 38.3 Å². The predicted octanol–water partition coefficient (Wildman–Crippen LogP) is 1.95. The van der Waals surface area contributed by atoms with Gasteiger partial charge in [-0.05, 0) is 43.6 Å². The molecule has 0 bridgehead atoms. The molecule has 4 heteroatoms. The second-order valence-corrected chi connectivity index (χ2v) is 4.64. The SMILES string of the molecule is COc1ccc(CC(=O)C2CCNCC2)cc1F. The van der Waals surface area contributed by atoms with Crippen LogP contribution >= 0.6 is 0 Å². The number of halogens is 1. The molecule has 2 rings (SSSR count). The summed E-state index contributed by atoms with van der Waals surface area (Å²) < 4.78 is 18.3. The first-order valence-corrected chi connectivity index (χ1v) is 6.26. The summed E-state index contributed by atoms with van der Waals surface area (Å²) in [5.41, 5.74) is 0.719. The number of hydrogen-bond acceptors (Lipinski definition) is 3. The Hall–Kier alpha value is -1.42. The molecule has 0 aliphatic carbocycles. The van der Waals surface area contributed by atoms with Crippen molar-refractivity contribution in [2.75, 3.05) is 20.2 Å². The van der Waals surface area contributed by atoms with Crippen LogP contribution in [0, 0.1) is 11.7 Å². The smallest absolute Gasteiger partial charge is 0.165 e. The molecule has 0 unspecified atom stereocenters. The molecule has 1 aromatic rings. The van der Waals surface area contributed by atoms with Gasteiger partial charge in [0.15, 0.2) is 11.6 Å². The van der Waals surface area contributed by atoms with Crippen LogP contribution in [0.15, 0.2) is 18.2 Å². The van der Waals surface area contributed by atoms with Crippen LogP contribution in [-0.2, 0) is 11.2 Å². The van der Waals surface area contributed by atoms with Crippen LogP contribution < -0.4 is 10.1 Å². The van der Waals surface area contributed by atoms with E-state index in [0.717, 1.165) is 31.5 Å². The van der Waals surface area contributed by atoms with Crippen molar-refractivity contribution < 1.29 is 13.9 Å². The molecule has 1 saturated heterocycles. The summed E-state index contributed by atoms with van der Waals surface area (Å²) in [6.07, 6.45) is 2.08. The number of benzene rings is 1. The molecule has 1 N–H and O–H groups in total. The maximum absolute atomic E-state index is 13.5. The third kappa shape index (κ3) is 3.07. The van der Waals surface area contributed by atoms with Crippen LogP contribution in [0.1, 0.15) is 18.4 Å². The molecule has 0 saturated carbocycles. The molecule has 3 nitrogen and oxygen atoms in total. The standard InChI is InChI=1S/C14H18FNO2/c1-18-14-3-2-10(8-12(14)15)9-13(17)11-4-6-16-7-5-11/h2-3,8,11,16H,4-7,9H2,1H3. The van der Waals surface area contributed by atoms with Gasteiger partial charge >= 0.3 is 0 Å². The third-order valence-corrected chi connectivity index (χ3v) is 3.39. The Kier molecular flexibility index (Phi) is 4.31. The summed E-state index contributed by atoms with van der Waals surface area (Å²) in [5.74, 6) is 0.138. The molecule has 0 radical (unpaired) electrons. The summed E-state index contributed by atoms with van der Waals surface area (Å²) in [6, 6.07) is 4.71. The van der Waals surface area contributed by atoms with Gasteiger partial charge in [-0.2, -0.15) is 0 Å². The fourth-order valence-electron chi connectivity index (χ4n) is 2.31. The summed E-state index contributed by atoms with van der Waals surface area (Å²) in [5, 5.41) is 3.23. The number of nitrogens with one attached hydrogen (secondary N) is 1. The lowest BCUT2D eigenvalue weighted by molar-refractivity contribution is -0.122. The first-order valence-electron chi connectivity index (χ1n) is 6.26. The third-order valence-electron chi connectivity index (χ3n) is 3.39. The van der Waals surface area contributed by atoms with Gasteiger partial charge in [0.1, 0.15) is 5.78 Å². The highest BCUT2D eigenvalue weighted by molar-refractivity contribution is 5.83. The van der Waals surface area contributed by atoms with Gasteiger partial charge in [-0.25, -0.2) is 4.39 Å². The van der Waals surface area contributed by atoms with Gasteiger partial charge in [0, 0.05) is 12.3 Å². The van der Waals surface area contributed by atoms with Gasteiger partial charge in [0.25, 0.3) is 0 Å². The highest BCUT2D eigenvalue weighted by atomic mass is 19.1. The average Bonchev–Trinajstić information content (AvgIpc) is 2.40. The maximum atomic E-state index is 13.5. The van der Waals surface area contributed by atoms with Gasteiger partial charge in [0.05, 0.1) is 7.11 Å². The molecule has 0 atom stereocenters. The number of ether oxygens (including phenoxy) is 1. The van der Waals surface area contributed by atoms with Crippen molar-refractivity contribution in [2.24, 2.45) is 5.92 Å². The highest BCUT2D eigenvalue weighted by Gasteiger charge is 2.21. The lowest BCUT2D eigenvalue weighted by Gasteiger charge is -2.21. The van der Waals surface area contributed by atoms with Crippen molar-refractivity contribution in [2.45, 2.75) is 19.3 Å². The maximum Gasteiger partial charge on any atom is 0.165 e. The molecule has 0 aromatic heterocycles. The van der Waals surface area contributed by atoms with E-state index in [1.807, 2.05) is 0 Å². The van der Waals surface area contributed by atoms with Crippen LogP contribution in [0.2, 0.25) is 0 Å². The Morgan fingerprint density at radius 2 is 2.17 bits per heavy atom. The average molecular weight is 251 g/mol. The highest BCUT2D eigenvalue weighted by Crippen LogP contribution is 2.20. The number of carbonyl (C=O) groups is 1.